The lowest BCUT2D eigenvalue weighted by molar-refractivity contribution is -0.138. The number of hydroxylamine groups is 1. The molecule has 1 aliphatic heterocycles. The molecule has 2 N–H and O–H groups in total. The number of hydrogen-bond acceptors (Lipinski definition) is 3. The largest absolute Gasteiger partial charge is 0.340 e. The van der Waals surface area contributed by atoms with E-state index in [1.807, 2.05) is 17.0 Å². The summed E-state index contributed by atoms with van der Waals surface area (Å²) in [7, 11) is 0. The summed E-state index contributed by atoms with van der Waals surface area (Å²) in [4.78, 5) is 26.3. The Hall–Kier alpha value is -1.88. The predicted molar refractivity (Wildman–Crippen MR) is 81.6 cm³/mol. The van der Waals surface area contributed by atoms with E-state index in [1.165, 1.54) is 0 Å². The van der Waals surface area contributed by atoms with Gasteiger partial charge in [0.25, 0.3) is 5.91 Å². The molecule has 5 nitrogen and oxygen atoms in total. The van der Waals surface area contributed by atoms with Crippen molar-refractivity contribution in [2.75, 3.05) is 6.54 Å². The van der Waals surface area contributed by atoms with E-state index in [1.54, 1.807) is 11.5 Å². The number of rotatable bonds is 2. The van der Waals surface area contributed by atoms with Gasteiger partial charge in [-0.25, -0.2) is 5.48 Å². The molecule has 1 atom stereocenters. The zero-order chi connectivity index (χ0) is 15.9. The van der Waals surface area contributed by atoms with Crippen molar-refractivity contribution in [3.63, 3.8) is 0 Å². The number of nitrogens with zero attached hydrogens (tertiary/aromatic N) is 1. The summed E-state index contributed by atoms with van der Waals surface area (Å²) in [6.07, 6.45) is 3.32. The number of carbonyl (C=O) groups excluding carboxylic acids is 2. The topological polar surface area (TPSA) is 69.6 Å². The van der Waals surface area contributed by atoms with E-state index in [2.05, 4.69) is 13.8 Å². The number of benzene rings is 1. The fourth-order valence-electron chi connectivity index (χ4n) is 3.80. The normalized spacial score (nSPS) is 24.0. The van der Waals surface area contributed by atoms with Crippen LogP contribution in [0.2, 0.25) is 0 Å². The van der Waals surface area contributed by atoms with Crippen LogP contribution in [0.15, 0.2) is 18.2 Å². The van der Waals surface area contributed by atoms with Gasteiger partial charge in [-0.15, -0.1) is 0 Å². The Balaban J connectivity index is 1.86. The van der Waals surface area contributed by atoms with Crippen LogP contribution >= 0.6 is 0 Å². The van der Waals surface area contributed by atoms with Gasteiger partial charge in [-0.2, -0.15) is 0 Å². The van der Waals surface area contributed by atoms with Crippen molar-refractivity contribution in [1.29, 1.82) is 0 Å². The number of likely N-dealkylation sites (tertiary alicyclic amines) is 1. The number of aryl methyl sites for hydroxylation is 1. The van der Waals surface area contributed by atoms with E-state index in [4.69, 9.17) is 5.21 Å². The highest BCUT2D eigenvalue weighted by atomic mass is 16.5. The van der Waals surface area contributed by atoms with E-state index in [0.717, 1.165) is 43.4 Å². The van der Waals surface area contributed by atoms with Crippen molar-refractivity contribution in [3.05, 3.63) is 34.9 Å². The van der Waals surface area contributed by atoms with Gasteiger partial charge < -0.3 is 4.90 Å². The second-order valence-corrected chi connectivity index (χ2v) is 6.72. The zero-order valence-corrected chi connectivity index (χ0v) is 13.1. The van der Waals surface area contributed by atoms with Gasteiger partial charge >= 0.3 is 0 Å². The smallest absolute Gasteiger partial charge is 0.274 e. The highest BCUT2D eigenvalue weighted by Gasteiger charge is 2.48. The predicted octanol–water partition coefficient (Wildman–Crippen LogP) is 1.92. The average Bonchev–Trinajstić information content (AvgIpc) is 2.83. The summed E-state index contributed by atoms with van der Waals surface area (Å²) in [5, 5.41) is 8.73. The quantitative estimate of drug-likeness (QED) is 0.648. The Bertz CT molecular complexity index is 626. The third kappa shape index (κ3) is 2.29. The van der Waals surface area contributed by atoms with Crippen molar-refractivity contribution in [3.8, 4) is 0 Å². The first-order valence-corrected chi connectivity index (χ1v) is 7.84. The van der Waals surface area contributed by atoms with Crippen LogP contribution in [0.4, 0.5) is 0 Å². The van der Waals surface area contributed by atoms with Gasteiger partial charge in [-0.1, -0.05) is 6.07 Å². The maximum Gasteiger partial charge on any atom is 0.274 e. The molecule has 0 radical (unpaired) electrons. The van der Waals surface area contributed by atoms with E-state index in [-0.39, 0.29) is 17.4 Å². The van der Waals surface area contributed by atoms with Crippen LogP contribution in [-0.2, 0) is 17.6 Å². The van der Waals surface area contributed by atoms with Gasteiger partial charge in [-0.05, 0) is 62.8 Å². The first-order chi connectivity index (χ1) is 10.5. The second kappa shape index (κ2) is 5.39. The van der Waals surface area contributed by atoms with Crippen LogP contribution in [0.3, 0.4) is 0 Å². The SMILES string of the molecule is CC(C)N1CC[C@@]2(CCc3cc(C(=O)NO)ccc3C2)C1=O. The molecular weight excluding hydrogens is 280 g/mol. The molecule has 1 aromatic rings. The first-order valence-electron chi connectivity index (χ1n) is 7.84. The summed E-state index contributed by atoms with van der Waals surface area (Å²) < 4.78 is 0. The monoisotopic (exact) mass is 302 g/mol. The molecule has 0 unspecified atom stereocenters. The minimum Gasteiger partial charge on any atom is -0.340 e. The second-order valence-electron chi connectivity index (χ2n) is 6.72. The number of amides is 2. The summed E-state index contributed by atoms with van der Waals surface area (Å²) in [6.45, 7) is 4.97. The van der Waals surface area contributed by atoms with Gasteiger partial charge in [0, 0.05) is 18.2 Å². The molecule has 0 saturated carbocycles. The van der Waals surface area contributed by atoms with Crippen LogP contribution in [0, 0.1) is 5.41 Å². The highest BCUT2D eigenvalue weighted by Crippen LogP contribution is 2.44. The summed E-state index contributed by atoms with van der Waals surface area (Å²) in [5.41, 5.74) is 4.13. The van der Waals surface area contributed by atoms with Crippen LogP contribution in [0.1, 0.15) is 48.2 Å². The number of carbonyl (C=O) groups is 2. The molecule has 2 aliphatic rings. The third-order valence-electron chi connectivity index (χ3n) is 5.14. The maximum absolute atomic E-state index is 12.8. The maximum atomic E-state index is 12.8. The number of fused-ring (bicyclic) bond motifs is 1. The Morgan fingerprint density at radius 2 is 2.09 bits per heavy atom. The van der Waals surface area contributed by atoms with E-state index in [9.17, 15) is 9.59 Å². The zero-order valence-electron chi connectivity index (χ0n) is 13.1. The minimum atomic E-state index is -0.494. The van der Waals surface area contributed by atoms with E-state index in [0.29, 0.717) is 5.56 Å². The fraction of sp³-hybridized carbons (Fsp3) is 0.529. The third-order valence-corrected chi connectivity index (χ3v) is 5.14. The van der Waals surface area contributed by atoms with Crippen LogP contribution in [-0.4, -0.2) is 34.5 Å². The van der Waals surface area contributed by atoms with Crippen LogP contribution in [0.5, 0.6) is 0 Å². The number of nitrogens with one attached hydrogen (secondary N) is 1. The van der Waals surface area contributed by atoms with E-state index < -0.39 is 5.91 Å². The Morgan fingerprint density at radius 3 is 2.73 bits per heavy atom. The van der Waals surface area contributed by atoms with Gasteiger partial charge in [0.15, 0.2) is 0 Å². The lowest BCUT2D eigenvalue weighted by Crippen LogP contribution is -2.41. The highest BCUT2D eigenvalue weighted by molar-refractivity contribution is 5.93. The first kappa shape index (κ1) is 15.0. The molecule has 1 aliphatic carbocycles. The molecular formula is C17H22N2O3. The van der Waals surface area contributed by atoms with Crippen LogP contribution in [0.25, 0.3) is 0 Å². The minimum absolute atomic E-state index is 0.252. The molecule has 1 saturated heterocycles. The summed E-state index contributed by atoms with van der Waals surface area (Å²) in [5.74, 6) is -0.212. The molecule has 118 valence electrons. The van der Waals surface area contributed by atoms with Gasteiger partial charge in [0.05, 0.1) is 5.41 Å². The van der Waals surface area contributed by atoms with Gasteiger partial charge in [0.1, 0.15) is 0 Å². The summed E-state index contributed by atoms with van der Waals surface area (Å²) in [6, 6.07) is 5.71. The Labute approximate surface area is 130 Å². The number of hydrogen-bond donors (Lipinski definition) is 2. The molecule has 3 rings (SSSR count). The Kier molecular flexibility index (Phi) is 3.68. The van der Waals surface area contributed by atoms with Crippen molar-refractivity contribution in [1.82, 2.24) is 10.4 Å². The molecule has 1 aromatic carbocycles. The average molecular weight is 302 g/mol. The Morgan fingerprint density at radius 1 is 1.32 bits per heavy atom. The van der Waals surface area contributed by atoms with Gasteiger partial charge in [-0.3, -0.25) is 14.8 Å². The lowest BCUT2D eigenvalue weighted by Gasteiger charge is -2.34. The van der Waals surface area contributed by atoms with Crippen molar-refractivity contribution >= 4 is 11.8 Å². The van der Waals surface area contributed by atoms with E-state index >= 15 is 0 Å². The summed E-state index contributed by atoms with van der Waals surface area (Å²) >= 11 is 0. The fourth-order valence-corrected chi connectivity index (χ4v) is 3.80. The lowest BCUT2D eigenvalue weighted by atomic mass is 9.70. The molecule has 22 heavy (non-hydrogen) atoms. The van der Waals surface area contributed by atoms with Crippen molar-refractivity contribution < 1.29 is 14.8 Å². The molecule has 1 spiro atoms. The van der Waals surface area contributed by atoms with Crippen molar-refractivity contribution in [2.45, 2.75) is 45.6 Å². The van der Waals surface area contributed by atoms with Crippen LogP contribution < -0.4 is 5.48 Å². The molecule has 0 bridgehead atoms. The standard InChI is InChI=1S/C17H22N2O3/c1-11(2)19-8-7-17(16(19)21)6-5-12-9-13(15(20)18-22)3-4-14(12)10-17/h3-4,9,11,22H,5-8,10H2,1-2H3,(H,18,20)/t17-/m1/s1. The molecule has 1 heterocycles. The molecule has 2 amide bonds. The molecule has 5 heteroatoms. The van der Waals surface area contributed by atoms with Gasteiger partial charge in [0.2, 0.25) is 5.91 Å². The molecule has 1 fully saturated rings. The molecule has 0 aromatic heterocycles. The van der Waals surface area contributed by atoms with Crippen molar-refractivity contribution in [2.24, 2.45) is 5.41 Å².